The average molecular weight is 752 g/mol. The topological polar surface area (TPSA) is 106 Å². The van der Waals surface area contributed by atoms with Gasteiger partial charge in [0.05, 0.1) is 6.61 Å². The average Bonchev–Trinajstić information content (AvgIpc) is 3.89. The zero-order valence-electron chi connectivity index (χ0n) is 31.7. The van der Waals surface area contributed by atoms with Crippen molar-refractivity contribution in [1.29, 1.82) is 0 Å². The maximum Gasteiger partial charge on any atom is 0.255 e. The Bertz CT molecular complexity index is 2140. The highest BCUT2D eigenvalue weighted by Crippen LogP contribution is 2.47. The number of ether oxygens (including phenoxy) is 1. The molecule has 2 N–H and O–H groups in total. The second kappa shape index (κ2) is 14.3. The first kappa shape index (κ1) is 35.1. The highest BCUT2D eigenvalue weighted by molar-refractivity contribution is 6.05. The molecule has 0 saturated carbocycles. The van der Waals surface area contributed by atoms with Crippen molar-refractivity contribution in [3.63, 3.8) is 0 Å². The zero-order valence-corrected chi connectivity index (χ0v) is 31.7. The number of nitrogens with one attached hydrogen (secondary N) is 1. The maximum atomic E-state index is 13.2. The Morgan fingerprint density at radius 3 is 2.25 bits per heavy atom. The van der Waals surface area contributed by atoms with Crippen molar-refractivity contribution in [1.82, 2.24) is 15.1 Å². The predicted molar refractivity (Wildman–Crippen MR) is 214 cm³/mol. The molecule has 0 bridgehead atoms. The lowest BCUT2D eigenvalue weighted by molar-refractivity contribution is -0.136. The highest BCUT2D eigenvalue weighted by atomic mass is 16.5. The van der Waals surface area contributed by atoms with Gasteiger partial charge in [0.25, 0.3) is 5.91 Å². The van der Waals surface area contributed by atoms with Gasteiger partial charge in [0.2, 0.25) is 11.8 Å². The number of piperidine rings is 2. The van der Waals surface area contributed by atoms with E-state index in [1.807, 2.05) is 12.1 Å². The van der Waals surface area contributed by atoms with Gasteiger partial charge in [-0.2, -0.15) is 0 Å². The van der Waals surface area contributed by atoms with Crippen molar-refractivity contribution in [3.05, 3.63) is 119 Å². The Morgan fingerprint density at radius 1 is 0.750 bits per heavy atom. The number of carbonyl (C=O) groups excluding carboxylic acids is 3. The fraction of sp³-hybridized carbons (Fsp3) is 0.413. The first-order valence-corrected chi connectivity index (χ1v) is 20.4. The first-order valence-electron chi connectivity index (χ1n) is 20.4. The molecule has 10 heteroatoms. The van der Waals surface area contributed by atoms with E-state index in [9.17, 15) is 19.5 Å². The quantitative estimate of drug-likeness (QED) is 0.231. The number of phenolic OH excluding ortho intramolecular Hbond substituents is 1. The Balaban J connectivity index is 0.726. The van der Waals surface area contributed by atoms with Crippen LogP contribution in [0, 0.1) is 17.8 Å². The van der Waals surface area contributed by atoms with Crippen molar-refractivity contribution in [2.45, 2.75) is 50.1 Å². The van der Waals surface area contributed by atoms with Gasteiger partial charge in [0, 0.05) is 99.2 Å². The molecule has 10 rings (SSSR count). The molecule has 5 atom stereocenters. The summed E-state index contributed by atoms with van der Waals surface area (Å²) in [5.41, 5.74) is 7.76. The van der Waals surface area contributed by atoms with E-state index in [4.69, 9.17) is 4.74 Å². The van der Waals surface area contributed by atoms with Crippen LogP contribution in [0.15, 0.2) is 91.0 Å². The van der Waals surface area contributed by atoms with Gasteiger partial charge in [-0.1, -0.05) is 48.5 Å². The van der Waals surface area contributed by atoms with Gasteiger partial charge in [0.1, 0.15) is 17.5 Å². The minimum atomic E-state index is -0.583. The molecule has 4 fully saturated rings. The van der Waals surface area contributed by atoms with E-state index in [1.54, 1.807) is 17.0 Å². The first-order chi connectivity index (χ1) is 27.3. The Morgan fingerprint density at radius 2 is 1.50 bits per heavy atom. The molecule has 0 spiro atoms. The van der Waals surface area contributed by atoms with E-state index >= 15 is 0 Å². The molecular weight excluding hydrogens is 703 g/mol. The number of aromatic hydroxyl groups is 1. The van der Waals surface area contributed by atoms with Crippen molar-refractivity contribution < 1.29 is 24.2 Å². The molecule has 4 aromatic carbocycles. The normalized spacial score (nSPS) is 26.5. The van der Waals surface area contributed by atoms with Gasteiger partial charge in [-0.15, -0.1) is 0 Å². The van der Waals surface area contributed by atoms with Gasteiger partial charge in [-0.3, -0.25) is 19.7 Å². The zero-order chi connectivity index (χ0) is 37.9. The van der Waals surface area contributed by atoms with Crippen LogP contribution in [0.1, 0.15) is 70.1 Å². The summed E-state index contributed by atoms with van der Waals surface area (Å²) in [6.45, 7) is 8.68. The number of hydrogen-bond donors (Lipinski definition) is 2. The molecule has 0 aromatic heterocycles. The van der Waals surface area contributed by atoms with Gasteiger partial charge >= 0.3 is 0 Å². The Labute approximate surface area is 328 Å². The van der Waals surface area contributed by atoms with E-state index < -0.39 is 6.04 Å². The van der Waals surface area contributed by atoms with Crippen LogP contribution in [0.2, 0.25) is 0 Å². The number of imide groups is 1. The number of anilines is 2. The smallest absolute Gasteiger partial charge is 0.255 e. The van der Waals surface area contributed by atoms with Crippen LogP contribution in [0.4, 0.5) is 11.4 Å². The van der Waals surface area contributed by atoms with Crippen LogP contribution in [0.25, 0.3) is 0 Å². The lowest BCUT2D eigenvalue weighted by atomic mass is 9.76. The van der Waals surface area contributed by atoms with E-state index in [-0.39, 0.29) is 41.7 Å². The number of hydrogen-bond acceptors (Lipinski definition) is 8. The van der Waals surface area contributed by atoms with Crippen LogP contribution in [-0.4, -0.2) is 91.1 Å². The second-order valence-corrected chi connectivity index (χ2v) is 16.9. The lowest BCUT2D eigenvalue weighted by Crippen LogP contribution is -2.52. The fourth-order valence-corrected chi connectivity index (χ4v) is 10.6. The molecule has 6 heterocycles. The number of rotatable bonds is 7. The van der Waals surface area contributed by atoms with Crippen molar-refractivity contribution >= 4 is 29.1 Å². The van der Waals surface area contributed by atoms with E-state index in [1.165, 1.54) is 36.2 Å². The Kier molecular flexibility index (Phi) is 8.96. The van der Waals surface area contributed by atoms with E-state index in [2.05, 4.69) is 86.7 Å². The van der Waals surface area contributed by atoms with Crippen molar-refractivity contribution in [2.75, 3.05) is 62.2 Å². The summed E-state index contributed by atoms with van der Waals surface area (Å²) in [5, 5.41) is 12.6. The number of likely N-dealkylation sites (tertiary alicyclic amines) is 1. The maximum absolute atomic E-state index is 13.2. The SMILES string of the molecule is O=C1CCC(N2Cc3cc(N4CC5CN(CC6CCN(c7ccc([C@@H]8c9ccc(O)cc9OC[C@@H]8c8ccccc8)cc7)CC6)CC5C4)ccc3C2=O)C(=O)N1. The number of fused-ring (bicyclic) bond motifs is 3. The van der Waals surface area contributed by atoms with Crippen molar-refractivity contribution in [2.24, 2.45) is 17.8 Å². The van der Waals surface area contributed by atoms with Gasteiger partial charge < -0.3 is 29.4 Å². The molecule has 6 aliphatic heterocycles. The van der Waals surface area contributed by atoms with Crippen LogP contribution in [0.5, 0.6) is 11.5 Å². The number of carbonyl (C=O) groups is 3. The van der Waals surface area contributed by atoms with Gasteiger partial charge in [0.15, 0.2) is 0 Å². The van der Waals surface area contributed by atoms with E-state index in [0.29, 0.717) is 42.9 Å². The predicted octanol–water partition coefficient (Wildman–Crippen LogP) is 5.75. The molecule has 3 amide bonds. The summed E-state index contributed by atoms with van der Waals surface area (Å²) in [6.07, 6.45) is 3.06. The van der Waals surface area contributed by atoms with Crippen molar-refractivity contribution in [3.8, 4) is 11.5 Å². The summed E-state index contributed by atoms with van der Waals surface area (Å²) in [7, 11) is 0. The monoisotopic (exact) mass is 751 g/mol. The molecule has 10 nitrogen and oxygen atoms in total. The molecule has 0 radical (unpaired) electrons. The Hall–Kier alpha value is -5.35. The molecule has 56 heavy (non-hydrogen) atoms. The summed E-state index contributed by atoms with van der Waals surface area (Å²) in [6, 6.07) is 30.9. The highest BCUT2D eigenvalue weighted by Gasteiger charge is 2.43. The summed E-state index contributed by atoms with van der Waals surface area (Å²) >= 11 is 0. The van der Waals surface area contributed by atoms with Crippen LogP contribution in [0.3, 0.4) is 0 Å². The molecule has 4 saturated heterocycles. The number of phenols is 1. The van der Waals surface area contributed by atoms with E-state index in [0.717, 1.165) is 61.8 Å². The van der Waals surface area contributed by atoms with Gasteiger partial charge in [-0.05, 0) is 90.1 Å². The third-order valence-corrected chi connectivity index (χ3v) is 13.6. The molecule has 6 aliphatic rings. The molecular formula is C46H49N5O5. The number of nitrogens with zero attached hydrogens (tertiary/aromatic N) is 4. The minimum absolute atomic E-state index is 0.115. The van der Waals surface area contributed by atoms with Crippen LogP contribution >= 0.6 is 0 Å². The number of benzene rings is 4. The summed E-state index contributed by atoms with van der Waals surface area (Å²) in [4.78, 5) is 46.7. The standard InChI is InChI=1S/C46H49N5O5/c52-37-11-13-39-42(21-37)56-28-40(30-4-2-1-3-5-30)44(39)31-6-8-35(9-7-31)49-18-16-29(17-19-49)22-48-23-33-25-50(26-34(33)24-48)36-10-12-38-32(20-36)27-51(46(38)55)41-14-15-43(53)47-45(41)54/h1-13,20-21,29,33-34,40-41,44,52H,14-19,22-28H2,(H,47,53,54)/t33?,34?,40-,41?,44-/m1/s1. The molecule has 288 valence electrons. The summed E-state index contributed by atoms with van der Waals surface area (Å²) in [5.74, 6) is 2.60. The lowest BCUT2D eigenvalue weighted by Gasteiger charge is -2.36. The van der Waals surface area contributed by atoms with Crippen LogP contribution < -0.4 is 19.9 Å². The van der Waals surface area contributed by atoms with Crippen LogP contribution in [-0.2, 0) is 16.1 Å². The summed E-state index contributed by atoms with van der Waals surface area (Å²) < 4.78 is 6.18. The second-order valence-electron chi connectivity index (χ2n) is 16.9. The number of amides is 3. The fourth-order valence-electron chi connectivity index (χ4n) is 10.6. The molecule has 4 aromatic rings. The molecule has 3 unspecified atom stereocenters. The minimum Gasteiger partial charge on any atom is -0.508 e. The third-order valence-electron chi connectivity index (χ3n) is 13.6. The van der Waals surface area contributed by atoms with Gasteiger partial charge in [-0.25, -0.2) is 0 Å². The largest absolute Gasteiger partial charge is 0.508 e. The molecule has 0 aliphatic carbocycles. The third kappa shape index (κ3) is 6.47.